The van der Waals surface area contributed by atoms with E-state index in [1.54, 1.807) is 18.2 Å². The van der Waals surface area contributed by atoms with Crippen LogP contribution < -0.4 is 4.72 Å². The fraction of sp³-hybridized carbons (Fsp3) is 0. The smallest absolute Gasteiger partial charge is 0.258 e. The summed E-state index contributed by atoms with van der Waals surface area (Å²) < 4.78 is 51.8. The number of benzene rings is 2. The summed E-state index contributed by atoms with van der Waals surface area (Å²) in [5, 5.41) is 10.6. The van der Waals surface area contributed by atoms with E-state index in [1.807, 2.05) is 0 Å². The fourth-order valence-corrected chi connectivity index (χ4v) is 5.76. The lowest BCUT2D eigenvalue weighted by atomic mass is 10.3. The lowest BCUT2D eigenvalue weighted by Gasteiger charge is -2.04. The molecule has 27 heavy (non-hydrogen) atoms. The van der Waals surface area contributed by atoms with Crippen molar-refractivity contribution in [2.75, 3.05) is 4.72 Å². The Hall–Kier alpha value is -2.83. The third-order valence-corrected chi connectivity index (χ3v) is 8.01. The molecule has 0 amide bonds. The molecule has 0 radical (unpaired) electrons. The van der Waals surface area contributed by atoms with Crippen molar-refractivity contribution in [1.29, 1.82) is 0 Å². The molecule has 0 saturated heterocycles. The van der Waals surface area contributed by atoms with Gasteiger partial charge in [0.1, 0.15) is 4.21 Å². The van der Waals surface area contributed by atoms with Gasteiger partial charge in [0.15, 0.2) is 5.13 Å². The quantitative estimate of drug-likeness (QED) is 0.473. The first kappa shape index (κ1) is 18.9. The molecule has 0 atom stereocenters. The number of thiazole rings is 1. The third-order valence-electron chi connectivity index (χ3n) is 3.38. The maximum atomic E-state index is 12.6. The van der Waals surface area contributed by atoms with Crippen molar-refractivity contribution in [2.24, 2.45) is 0 Å². The van der Waals surface area contributed by atoms with Crippen molar-refractivity contribution in [3.8, 4) is 0 Å². The van der Waals surface area contributed by atoms with Crippen LogP contribution in [0.1, 0.15) is 0 Å². The van der Waals surface area contributed by atoms with E-state index in [1.165, 1.54) is 12.1 Å². The highest BCUT2D eigenvalue weighted by Gasteiger charge is 2.23. The van der Waals surface area contributed by atoms with Gasteiger partial charge in [-0.05, 0) is 24.3 Å². The molecule has 0 saturated carbocycles. The van der Waals surface area contributed by atoms with Crippen LogP contribution in [0.5, 0.6) is 0 Å². The Bertz CT molecular complexity index is 1190. The van der Waals surface area contributed by atoms with Crippen LogP contribution in [0, 0.1) is 10.1 Å². The molecule has 0 aliphatic heterocycles. The number of rotatable bonds is 6. The van der Waals surface area contributed by atoms with Crippen LogP contribution in [-0.4, -0.2) is 26.7 Å². The summed E-state index contributed by atoms with van der Waals surface area (Å²) in [6.07, 6.45) is 1.03. The highest BCUT2D eigenvalue weighted by atomic mass is 32.2. The van der Waals surface area contributed by atoms with Gasteiger partial charge in [0.05, 0.1) is 20.9 Å². The molecule has 0 fully saturated rings. The molecule has 0 bridgehead atoms. The van der Waals surface area contributed by atoms with Crippen molar-refractivity contribution < 1.29 is 21.8 Å². The van der Waals surface area contributed by atoms with Crippen molar-refractivity contribution >= 4 is 42.0 Å². The van der Waals surface area contributed by atoms with Crippen LogP contribution in [-0.2, 0) is 19.9 Å². The Morgan fingerprint density at radius 3 is 2.15 bits per heavy atom. The molecule has 9 nitrogen and oxygen atoms in total. The van der Waals surface area contributed by atoms with E-state index in [4.69, 9.17) is 0 Å². The standard InChI is InChI=1S/C15H11N3O6S3/c19-18(20)11-6-8-12(9-7-11)26(21,22)14-10-16-15(25-14)17-27(23,24)13-4-2-1-3-5-13/h1-10H,(H,16,17). The molecule has 1 N–H and O–H groups in total. The lowest BCUT2D eigenvalue weighted by molar-refractivity contribution is -0.384. The van der Waals surface area contributed by atoms with Crippen molar-refractivity contribution in [3.63, 3.8) is 0 Å². The number of sulfonamides is 1. The number of sulfone groups is 1. The van der Waals surface area contributed by atoms with Gasteiger partial charge in [-0.1, -0.05) is 29.5 Å². The first-order valence-electron chi connectivity index (χ1n) is 7.23. The number of nitrogens with zero attached hydrogens (tertiary/aromatic N) is 2. The van der Waals surface area contributed by atoms with Crippen LogP contribution in [0.25, 0.3) is 0 Å². The zero-order valence-corrected chi connectivity index (χ0v) is 15.8. The van der Waals surface area contributed by atoms with Gasteiger partial charge in [-0.3, -0.25) is 14.8 Å². The average Bonchev–Trinajstić information content (AvgIpc) is 3.11. The highest BCUT2D eigenvalue weighted by Crippen LogP contribution is 2.30. The van der Waals surface area contributed by atoms with Gasteiger partial charge in [-0.25, -0.2) is 21.8 Å². The molecule has 0 unspecified atom stereocenters. The van der Waals surface area contributed by atoms with E-state index >= 15 is 0 Å². The number of anilines is 1. The minimum atomic E-state index is -3.98. The van der Waals surface area contributed by atoms with E-state index in [-0.39, 0.29) is 24.8 Å². The molecular formula is C15H11N3O6S3. The Kier molecular flexibility index (Phi) is 4.95. The van der Waals surface area contributed by atoms with Gasteiger partial charge in [0, 0.05) is 12.1 Å². The first-order valence-corrected chi connectivity index (χ1v) is 11.0. The molecule has 1 aromatic heterocycles. The van der Waals surface area contributed by atoms with E-state index < -0.39 is 24.8 Å². The number of non-ortho nitro benzene ring substituents is 1. The van der Waals surface area contributed by atoms with Gasteiger partial charge < -0.3 is 0 Å². The van der Waals surface area contributed by atoms with Crippen molar-refractivity contribution in [3.05, 3.63) is 70.9 Å². The molecule has 0 aliphatic carbocycles. The Labute approximate surface area is 158 Å². The summed E-state index contributed by atoms with van der Waals surface area (Å²) in [6.45, 7) is 0. The molecule has 3 rings (SSSR count). The maximum absolute atomic E-state index is 12.6. The predicted molar refractivity (Wildman–Crippen MR) is 97.9 cm³/mol. The normalized spacial score (nSPS) is 11.9. The number of nitrogens with one attached hydrogen (secondary N) is 1. The van der Waals surface area contributed by atoms with E-state index in [9.17, 15) is 26.9 Å². The van der Waals surface area contributed by atoms with Crippen LogP contribution in [0.15, 0.2) is 74.8 Å². The van der Waals surface area contributed by atoms with Gasteiger partial charge in [-0.15, -0.1) is 0 Å². The minimum Gasteiger partial charge on any atom is -0.258 e. The number of aromatic nitrogens is 1. The summed E-state index contributed by atoms with van der Waals surface area (Å²) in [4.78, 5) is 13.7. The summed E-state index contributed by atoms with van der Waals surface area (Å²) >= 11 is 0.643. The lowest BCUT2D eigenvalue weighted by Crippen LogP contribution is -2.12. The van der Waals surface area contributed by atoms with Gasteiger partial charge in [0.25, 0.3) is 15.7 Å². The molecule has 12 heteroatoms. The van der Waals surface area contributed by atoms with Gasteiger partial charge in [-0.2, -0.15) is 0 Å². The third kappa shape index (κ3) is 3.97. The predicted octanol–water partition coefficient (Wildman–Crippen LogP) is 2.68. The van der Waals surface area contributed by atoms with E-state index in [0.717, 1.165) is 30.5 Å². The number of nitro benzene ring substituents is 1. The monoisotopic (exact) mass is 425 g/mol. The van der Waals surface area contributed by atoms with Crippen LogP contribution in [0.4, 0.5) is 10.8 Å². The van der Waals surface area contributed by atoms with Crippen LogP contribution in [0.2, 0.25) is 0 Å². The SMILES string of the molecule is O=[N+]([O-])c1ccc(S(=O)(=O)c2cnc(NS(=O)(=O)c3ccccc3)s2)cc1. The zero-order valence-electron chi connectivity index (χ0n) is 13.3. The molecule has 0 aliphatic rings. The van der Waals surface area contributed by atoms with Gasteiger partial charge >= 0.3 is 0 Å². The second-order valence-corrected chi connectivity index (χ2v) is 10.0. The van der Waals surface area contributed by atoms with E-state index in [2.05, 4.69) is 9.71 Å². The number of nitro groups is 1. The number of hydrogen-bond donors (Lipinski definition) is 1. The first-order chi connectivity index (χ1) is 12.7. The summed E-state index contributed by atoms with van der Waals surface area (Å²) in [5.74, 6) is 0. The summed E-state index contributed by atoms with van der Waals surface area (Å²) in [6, 6.07) is 11.9. The maximum Gasteiger partial charge on any atom is 0.269 e. The average molecular weight is 425 g/mol. The Balaban J connectivity index is 1.87. The Morgan fingerprint density at radius 2 is 1.56 bits per heavy atom. The van der Waals surface area contributed by atoms with Crippen molar-refractivity contribution in [1.82, 2.24) is 4.98 Å². The summed E-state index contributed by atoms with van der Waals surface area (Å²) in [7, 11) is -7.88. The summed E-state index contributed by atoms with van der Waals surface area (Å²) in [5.41, 5.74) is -0.241. The second-order valence-electron chi connectivity index (χ2n) is 5.16. The molecule has 140 valence electrons. The minimum absolute atomic E-state index is 0.0139. The number of hydrogen-bond acceptors (Lipinski definition) is 8. The van der Waals surface area contributed by atoms with Gasteiger partial charge in [0.2, 0.25) is 9.84 Å². The fourth-order valence-electron chi connectivity index (χ4n) is 2.07. The molecule has 3 aromatic rings. The zero-order chi connectivity index (χ0) is 19.7. The molecule has 1 heterocycles. The molecule has 2 aromatic carbocycles. The Morgan fingerprint density at radius 1 is 0.926 bits per heavy atom. The van der Waals surface area contributed by atoms with Crippen LogP contribution >= 0.6 is 11.3 Å². The largest absolute Gasteiger partial charge is 0.269 e. The highest BCUT2D eigenvalue weighted by molar-refractivity contribution is 7.94. The van der Waals surface area contributed by atoms with E-state index in [0.29, 0.717) is 11.3 Å². The topological polar surface area (TPSA) is 136 Å². The van der Waals surface area contributed by atoms with Crippen LogP contribution in [0.3, 0.4) is 0 Å². The molecular weight excluding hydrogens is 414 g/mol. The van der Waals surface area contributed by atoms with Crippen molar-refractivity contribution in [2.45, 2.75) is 14.0 Å². The molecule has 0 spiro atoms. The second kappa shape index (κ2) is 7.06.